The molecule has 2 aromatic rings. The minimum atomic E-state index is -0.751. The van der Waals surface area contributed by atoms with Crippen LogP contribution < -0.4 is 0 Å². The zero-order valence-corrected chi connectivity index (χ0v) is 11.6. The zero-order valence-electron chi connectivity index (χ0n) is 9.21. The number of halogens is 3. The van der Waals surface area contributed by atoms with Gasteiger partial charge < -0.3 is 0 Å². The summed E-state index contributed by atoms with van der Waals surface area (Å²) in [6, 6.07) is 2.38. The van der Waals surface area contributed by atoms with Crippen LogP contribution in [0.3, 0.4) is 0 Å². The Labute approximate surface area is 114 Å². The first-order valence-corrected chi connectivity index (χ1v) is 6.52. The number of carbonyl (C=O) groups excluding carboxylic acids is 1. The van der Waals surface area contributed by atoms with Gasteiger partial charge >= 0.3 is 0 Å². The Morgan fingerprint density at radius 1 is 1.44 bits per heavy atom. The molecule has 94 valence electrons. The van der Waals surface area contributed by atoms with Crippen molar-refractivity contribution in [3.05, 3.63) is 44.4 Å². The highest BCUT2D eigenvalue weighted by Crippen LogP contribution is 2.23. The van der Waals surface area contributed by atoms with E-state index in [-0.39, 0.29) is 16.5 Å². The third kappa shape index (κ3) is 2.46. The van der Waals surface area contributed by atoms with E-state index in [0.717, 1.165) is 17.6 Å². The van der Waals surface area contributed by atoms with Gasteiger partial charge in [-0.15, -0.1) is 5.10 Å². The second-order valence-corrected chi connectivity index (χ2v) is 5.22. The van der Waals surface area contributed by atoms with Crippen molar-refractivity contribution < 1.29 is 13.6 Å². The summed E-state index contributed by atoms with van der Waals surface area (Å²) in [5, 5.41) is 3.69. The van der Waals surface area contributed by atoms with Crippen LogP contribution in [0.1, 0.15) is 20.9 Å². The molecule has 0 fully saturated rings. The molecular weight excluding hydrogens is 326 g/mol. The molecule has 0 N–H and O–H groups in total. The van der Waals surface area contributed by atoms with Gasteiger partial charge in [-0.25, -0.2) is 8.78 Å². The summed E-state index contributed by atoms with van der Waals surface area (Å²) in [7, 11) is 0. The summed E-state index contributed by atoms with van der Waals surface area (Å²) in [5.41, 5.74) is 0.225. The van der Waals surface area contributed by atoms with Crippen LogP contribution >= 0.6 is 27.5 Å². The van der Waals surface area contributed by atoms with E-state index in [0.29, 0.717) is 10.6 Å². The molecule has 1 aromatic carbocycles. The molecule has 0 atom stereocenters. The van der Waals surface area contributed by atoms with Crippen LogP contribution in [0.2, 0.25) is 0 Å². The van der Waals surface area contributed by atoms with E-state index < -0.39 is 17.4 Å². The lowest BCUT2D eigenvalue weighted by Gasteiger charge is -2.05. The van der Waals surface area contributed by atoms with E-state index in [1.807, 2.05) is 0 Å². The van der Waals surface area contributed by atoms with Gasteiger partial charge in [0.2, 0.25) is 0 Å². The summed E-state index contributed by atoms with van der Waals surface area (Å²) >= 11 is 3.88. The molecule has 0 radical (unpaired) electrons. The topological polar surface area (TPSA) is 42.9 Å². The first-order chi connectivity index (χ1) is 8.50. The molecule has 0 aliphatic rings. The van der Waals surface area contributed by atoms with Crippen molar-refractivity contribution in [2.75, 3.05) is 0 Å². The van der Waals surface area contributed by atoms with Crippen LogP contribution in [-0.4, -0.2) is 15.4 Å². The molecular formula is C11H7BrF2N2OS. The van der Waals surface area contributed by atoms with Crippen molar-refractivity contribution in [1.82, 2.24) is 9.59 Å². The Kier molecular flexibility index (Phi) is 3.82. The Morgan fingerprint density at radius 2 is 2.17 bits per heavy atom. The number of hydrogen-bond acceptors (Lipinski definition) is 4. The van der Waals surface area contributed by atoms with Crippen molar-refractivity contribution in [3.8, 4) is 0 Å². The van der Waals surface area contributed by atoms with Crippen molar-refractivity contribution in [3.63, 3.8) is 0 Å². The Balaban J connectivity index is 2.33. The van der Waals surface area contributed by atoms with E-state index >= 15 is 0 Å². The zero-order chi connectivity index (χ0) is 13.3. The molecule has 7 heteroatoms. The molecule has 18 heavy (non-hydrogen) atoms. The molecule has 0 bridgehead atoms. The quantitative estimate of drug-likeness (QED) is 0.639. The average Bonchev–Trinajstić information content (AvgIpc) is 2.76. The number of benzene rings is 1. The maximum absolute atomic E-state index is 13.7. The molecule has 0 saturated carbocycles. The van der Waals surface area contributed by atoms with Gasteiger partial charge in [-0.05, 0) is 46.5 Å². The highest BCUT2D eigenvalue weighted by atomic mass is 79.9. The molecule has 0 saturated heterocycles. The van der Waals surface area contributed by atoms with Gasteiger partial charge in [-0.2, -0.15) is 0 Å². The molecule has 0 aliphatic heterocycles. The van der Waals surface area contributed by atoms with Gasteiger partial charge in [0.15, 0.2) is 5.78 Å². The van der Waals surface area contributed by atoms with Gasteiger partial charge in [-0.1, -0.05) is 4.49 Å². The van der Waals surface area contributed by atoms with Gasteiger partial charge in [0.25, 0.3) is 0 Å². The van der Waals surface area contributed by atoms with E-state index in [9.17, 15) is 13.6 Å². The largest absolute Gasteiger partial charge is 0.293 e. The molecule has 0 unspecified atom stereocenters. The average molecular weight is 333 g/mol. The minimum Gasteiger partial charge on any atom is -0.293 e. The maximum Gasteiger partial charge on any atom is 0.180 e. The number of hydrogen-bond donors (Lipinski definition) is 0. The molecule has 0 spiro atoms. The molecule has 0 amide bonds. The number of carbonyl (C=O) groups is 1. The van der Waals surface area contributed by atoms with E-state index in [2.05, 4.69) is 25.5 Å². The van der Waals surface area contributed by atoms with Crippen LogP contribution in [0.5, 0.6) is 0 Å². The minimum absolute atomic E-state index is 0.130. The fourth-order valence-corrected chi connectivity index (χ4v) is 2.42. The molecule has 2 rings (SSSR count). The maximum atomic E-state index is 13.7. The highest BCUT2D eigenvalue weighted by molar-refractivity contribution is 9.10. The second kappa shape index (κ2) is 5.19. The first-order valence-electron chi connectivity index (χ1n) is 4.95. The molecule has 1 aromatic heterocycles. The summed E-state index contributed by atoms with van der Waals surface area (Å²) in [5.74, 6) is -1.88. The second-order valence-electron chi connectivity index (χ2n) is 3.61. The lowest BCUT2D eigenvalue weighted by atomic mass is 10.1. The number of aryl methyl sites for hydroxylation is 1. The standard InChI is InChI=1S/C11H7BrF2N2OS/c1-5-11(18-16-15-5)9(17)4-6-8(13)3-2-7(12)10(6)14/h2-3H,4H2,1H3. The Bertz CT molecular complexity index is 615. The number of rotatable bonds is 3. The van der Waals surface area contributed by atoms with Gasteiger partial charge in [0, 0.05) is 12.0 Å². The van der Waals surface area contributed by atoms with E-state index in [4.69, 9.17) is 0 Å². The van der Waals surface area contributed by atoms with Crippen LogP contribution in [0.15, 0.2) is 16.6 Å². The molecule has 0 aliphatic carbocycles. The number of Topliss-reactive ketones (excluding diaryl/α,β-unsaturated/α-hetero) is 1. The monoisotopic (exact) mass is 332 g/mol. The number of nitrogens with zero attached hydrogens (tertiary/aromatic N) is 2. The van der Waals surface area contributed by atoms with Crippen molar-refractivity contribution in [2.45, 2.75) is 13.3 Å². The van der Waals surface area contributed by atoms with Crippen molar-refractivity contribution >= 4 is 33.2 Å². The third-order valence-electron chi connectivity index (χ3n) is 2.38. The van der Waals surface area contributed by atoms with Gasteiger partial charge in [0.1, 0.15) is 16.5 Å². The Hall–Kier alpha value is -1.21. The van der Waals surface area contributed by atoms with E-state index in [1.165, 1.54) is 6.07 Å². The highest BCUT2D eigenvalue weighted by Gasteiger charge is 2.19. The molecule has 3 nitrogen and oxygen atoms in total. The predicted octanol–water partition coefficient (Wildman–Crippen LogP) is 3.31. The van der Waals surface area contributed by atoms with Crippen molar-refractivity contribution in [2.24, 2.45) is 0 Å². The first kappa shape index (κ1) is 13.2. The van der Waals surface area contributed by atoms with Crippen LogP contribution in [0.4, 0.5) is 8.78 Å². The molecule has 1 heterocycles. The summed E-state index contributed by atoms with van der Waals surface area (Å²) in [6.07, 6.45) is -0.345. The van der Waals surface area contributed by atoms with Crippen LogP contribution in [-0.2, 0) is 6.42 Å². The van der Waals surface area contributed by atoms with Crippen molar-refractivity contribution in [1.29, 1.82) is 0 Å². The SMILES string of the molecule is Cc1nnsc1C(=O)Cc1c(F)ccc(Br)c1F. The van der Waals surface area contributed by atoms with Crippen LogP contribution in [0.25, 0.3) is 0 Å². The third-order valence-corrected chi connectivity index (χ3v) is 3.86. The summed E-state index contributed by atoms with van der Waals surface area (Å²) in [4.78, 5) is 12.2. The van der Waals surface area contributed by atoms with Crippen LogP contribution in [0, 0.1) is 18.6 Å². The summed E-state index contributed by atoms with van der Waals surface area (Å²) < 4.78 is 30.9. The smallest absolute Gasteiger partial charge is 0.180 e. The van der Waals surface area contributed by atoms with E-state index in [1.54, 1.807) is 6.92 Å². The fraction of sp³-hybridized carbons (Fsp3) is 0.182. The number of ketones is 1. The summed E-state index contributed by atoms with van der Waals surface area (Å²) in [6.45, 7) is 1.63. The Morgan fingerprint density at radius 3 is 2.78 bits per heavy atom. The lowest BCUT2D eigenvalue weighted by molar-refractivity contribution is 0.0993. The number of aromatic nitrogens is 2. The normalized spacial score (nSPS) is 10.7. The van der Waals surface area contributed by atoms with Gasteiger partial charge in [-0.3, -0.25) is 4.79 Å². The predicted molar refractivity (Wildman–Crippen MR) is 66.7 cm³/mol. The fourth-order valence-electron chi connectivity index (χ4n) is 1.46. The van der Waals surface area contributed by atoms with Gasteiger partial charge in [0.05, 0.1) is 10.2 Å². The lowest BCUT2D eigenvalue weighted by Crippen LogP contribution is -2.07.